The topological polar surface area (TPSA) is 71.7 Å². The lowest BCUT2D eigenvalue weighted by molar-refractivity contribution is -0.274. The molecule has 0 aliphatic heterocycles. The summed E-state index contributed by atoms with van der Waals surface area (Å²) in [4.78, 5) is 10.9. The number of fused-ring (bicyclic) bond motifs is 1. The molecule has 0 amide bonds. The summed E-state index contributed by atoms with van der Waals surface area (Å²) in [6, 6.07) is 10.4. The Morgan fingerprint density at radius 1 is 1.19 bits per heavy atom. The predicted octanol–water partition coefficient (Wildman–Crippen LogP) is 5.30. The second kappa shape index (κ2) is 6.80. The molecule has 0 fully saturated rings. The highest BCUT2D eigenvalue weighted by molar-refractivity contribution is 6.32. The van der Waals surface area contributed by atoms with Crippen LogP contribution in [0.25, 0.3) is 11.0 Å². The average Bonchev–Trinajstić information content (AvgIpc) is 2.97. The van der Waals surface area contributed by atoms with Gasteiger partial charge in [-0.2, -0.15) is 0 Å². The molecule has 2 aromatic carbocycles. The molecule has 0 saturated heterocycles. The highest BCUT2D eigenvalue weighted by atomic mass is 35.5. The number of halogens is 4. The second-order valence-corrected chi connectivity index (χ2v) is 5.74. The fourth-order valence-corrected chi connectivity index (χ4v) is 2.53. The minimum atomic E-state index is -4.81. The Balaban J connectivity index is 1.71. The molecular weight excluding hydrogens is 375 g/mol. The van der Waals surface area contributed by atoms with Crippen LogP contribution in [0.1, 0.15) is 16.1 Å². The number of carboxylic acids is 1. The summed E-state index contributed by atoms with van der Waals surface area (Å²) >= 11 is 5.79. The molecule has 0 unspecified atom stereocenters. The minimum Gasteiger partial charge on any atom is -0.475 e. The molecule has 3 rings (SSSR count). The number of hydrogen-bond donors (Lipinski definition) is 2. The molecule has 0 aliphatic carbocycles. The third-order valence-corrected chi connectivity index (χ3v) is 3.74. The Morgan fingerprint density at radius 3 is 2.62 bits per heavy atom. The van der Waals surface area contributed by atoms with Gasteiger partial charge in [0.1, 0.15) is 11.3 Å². The van der Waals surface area contributed by atoms with Gasteiger partial charge in [-0.05, 0) is 35.9 Å². The number of alkyl halides is 3. The van der Waals surface area contributed by atoms with Gasteiger partial charge in [0, 0.05) is 17.6 Å². The fourth-order valence-electron chi connectivity index (χ4n) is 2.31. The number of aromatic carboxylic acids is 1. The van der Waals surface area contributed by atoms with Gasteiger partial charge in [0.25, 0.3) is 0 Å². The minimum absolute atomic E-state index is 0.155. The van der Waals surface area contributed by atoms with E-state index in [4.69, 9.17) is 21.1 Å². The molecule has 2 N–H and O–H groups in total. The number of ether oxygens (including phenoxy) is 1. The molecule has 5 nitrogen and oxygen atoms in total. The zero-order valence-corrected chi connectivity index (χ0v) is 13.7. The lowest BCUT2D eigenvalue weighted by Crippen LogP contribution is -2.17. The van der Waals surface area contributed by atoms with E-state index in [1.807, 2.05) is 0 Å². The largest absolute Gasteiger partial charge is 0.573 e. The molecule has 0 bridgehead atoms. The molecule has 136 valence electrons. The van der Waals surface area contributed by atoms with Crippen LogP contribution in [0.2, 0.25) is 5.02 Å². The number of carboxylic acid groups (broad SMARTS) is 1. The number of hydrogen-bond acceptors (Lipinski definition) is 4. The van der Waals surface area contributed by atoms with Crippen LogP contribution in [-0.2, 0) is 6.54 Å². The van der Waals surface area contributed by atoms with E-state index in [9.17, 15) is 18.0 Å². The van der Waals surface area contributed by atoms with Crippen LogP contribution in [0.5, 0.6) is 5.75 Å². The normalized spacial score (nSPS) is 11.5. The summed E-state index contributed by atoms with van der Waals surface area (Å²) in [5.74, 6) is -1.79. The summed E-state index contributed by atoms with van der Waals surface area (Å²) in [6.07, 6.45) is -4.81. The number of nitrogens with one attached hydrogen (secondary N) is 1. The summed E-state index contributed by atoms with van der Waals surface area (Å²) in [5, 5.41) is 12.4. The van der Waals surface area contributed by atoms with Gasteiger partial charge in [0.2, 0.25) is 5.76 Å². The van der Waals surface area contributed by atoms with E-state index in [2.05, 4.69) is 10.1 Å². The van der Waals surface area contributed by atoms with Crippen LogP contribution in [0, 0.1) is 0 Å². The smallest absolute Gasteiger partial charge is 0.475 e. The van der Waals surface area contributed by atoms with Crippen molar-refractivity contribution in [1.29, 1.82) is 0 Å². The summed E-state index contributed by atoms with van der Waals surface area (Å²) in [6.45, 7) is 0.328. The number of furan rings is 1. The molecule has 0 radical (unpaired) electrons. The maximum atomic E-state index is 12.2. The first-order chi connectivity index (χ1) is 12.2. The van der Waals surface area contributed by atoms with Gasteiger partial charge in [-0.25, -0.2) is 4.79 Å². The van der Waals surface area contributed by atoms with E-state index in [1.54, 1.807) is 18.2 Å². The molecule has 9 heteroatoms. The molecule has 0 saturated carbocycles. The first-order valence-corrected chi connectivity index (χ1v) is 7.64. The maximum absolute atomic E-state index is 12.2. The lowest BCUT2D eigenvalue weighted by Gasteiger charge is -2.12. The summed E-state index contributed by atoms with van der Waals surface area (Å²) in [7, 11) is 0. The Hall–Kier alpha value is -2.87. The number of rotatable bonds is 5. The van der Waals surface area contributed by atoms with Crippen molar-refractivity contribution in [2.45, 2.75) is 12.9 Å². The lowest BCUT2D eigenvalue weighted by atomic mass is 10.1. The van der Waals surface area contributed by atoms with Gasteiger partial charge in [0.15, 0.2) is 0 Å². The van der Waals surface area contributed by atoms with Crippen LogP contribution in [0.15, 0.2) is 46.9 Å². The Morgan fingerprint density at radius 2 is 1.96 bits per heavy atom. The standard InChI is InChI=1S/C17H11ClF3NO4/c18-12-7-11(3-4-13(12)26-17(19,20)21)22-8-9-1-2-10-6-15(16(23)24)25-14(10)5-9/h1-7,22H,8H2,(H,23,24). The molecule has 0 atom stereocenters. The first kappa shape index (κ1) is 17.9. The van der Waals surface area contributed by atoms with Crippen LogP contribution in [-0.4, -0.2) is 17.4 Å². The Kier molecular flexibility index (Phi) is 4.69. The average molecular weight is 386 g/mol. The maximum Gasteiger partial charge on any atom is 0.573 e. The van der Waals surface area contributed by atoms with Gasteiger partial charge in [-0.3, -0.25) is 0 Å². The van der Waals surface area contributed by atoms with Gasteiger partial charge < -0.3 is 19.6 Å². The number of carbonyl (C=O) groups is 1. The number of anilines is 1. The predicted molar refractivity (Wildman–Crippen MR) is 88.6 cm³/mol. The monoisotopic (exact) mass is 385 g/mol. The van der Waals surface area contributed by atoms with Gasteiger partial charge in [-0.1, -0.05) is 23.7 Å². The highest BCUT2D eigenvalue weighted by Crippen LogP contribution is 2.32. The molecule has 26 heavy (non-hydrogen) atoms. The van der Waals surface area contributed by atoms with Crippen LogP contribution in [0.3, 0.4) is 0 Å². The van der Waals surface area contributed by atoms with Gasteiger partial charge in [-0.15, -0.1) is 13.2 Å². The Bertz CT molecular complexity index is 968. The van der Waals surface area contributed by atoms with Crippen molar-refractivity contribution in [1.82, 2.24) is 0 Å². The van der Waals surface area contributed by atoms with Crippen molar-refractivity contribution in [3.05, 3.63) is 58.8 Å². The van der Waals surface area contributed by atoms with Crippen molar-refractivity contribution in [3.63, 3.8) is 0 Å². The van der Waals surface area contributed by atoms with Crippen molar-refractivity contribution < 1.29 is 32.2 Å². The Labute approximate surface area is 149 Å². The molecule has 0 aliphatic rings. The third-order valence-electron chi connectivity index (χ3n) is 3.45. The summed E-state index contributed by atoms with van der Waals surface area (Å²) < 4.78 is 45.7. The van der Waals surface area contributed by atoms with E-state index >= 15 is 0 Å². The SMILES string of the molecule is O=C(O)c1cc2ccc(CNc3ccc(OC(F)(F)F)c(Cl)c3)cc2o1. The van der Waals surface area contributed by atoms with Gasteiger partial charge >= 0.3 is 12.3 Å². The molecular formula is C17H11ClF3NO4. The highest BCUT2D eigenvalue weighted by Gasteiger charge is 2.32. The third kappa shape index (κ3) is 4.20. The fraction of sp³-hybridized carbons (Fsp3) is 0.118. The van der Waals surface area contributed by atoms with Crippen LogP contribution >= 0.6 is 11.6 Å². The zero-order valence-electron chi connectivity index (χ0n) is 12.9. The molecule has 1 aromatic heterocycles. The van der Waals surface area contributed by atoms with Crippen LogP contribution < -0.4 is 10.1 Å². The first-order valence-electron chi connectivity index (χ1n) is 7.26. The van der Waals surface area contributed by atoms with Crippen molar-refractivity contribution in [2.24, 2.45) is 0 Å². The quantitative estimate of drug-likeness (QED) is 0.624. The van der Waals surface area contributed by atoms with E-state index in [1.165, 1.54) is 18.2 Å². The molecule has 1 heterocycles. The van der Waals surface area contributed by atoms with Crippen molar-refractivity contribution >= 4 is 34.2 Å². The van der Waals surface area contributed by atoms with E-state index < -0.39 is 18.1 Å². The molecule has 3 aromatic rings. The van der Waals surface area contributed by atoms with Gasteiger partial charge in [0.05, 0.1) is 5.02 Å². The number of benzene rings is 2. The van der Waals surface area contributed by atoms with Crippen molar-refractivity contribution in [3.8, 4) is 5.75 Å². The van der Waals surface area contributed by atoms with E-state index in [-0.39, 0.29) is 10.8 Å². The van der Waals surface area contributed by atoms with Crippen molar-refractivity contribution in [2.75, 3.05) is 5.32 Å². The summed E-state index contributed by atoms with van der Waals surface area (Å²) in [5.41, 5.74) is 1.71. The molecule has 0 spiro atoms. The van der Waals surface area contributed by atoms with Crippen LogP contribution in [0.4, 0.5) is 18.9 Å². The zero-order chi connectivity index (χ0) is 18.9. The second-order valence-electron chi connectivity index (χ2n) is 5.33. The van der Waals surface area contributed by atoms with E-state index in [0.717, 1.165) is 11.6 Å². The van der Waals surface area contributed by atoms with E-state index in [0.29, 0.717) is 23.2 Å².